The number of carbonyl (C=O) groups excluding carboxylic acids is 1. The number of H-pyrrole nitrogens is 1. The second kappa shape index (κ2) is 13.4. The fourth-order valence-electron chi connectivity index (χ4n) is 4.01. The van der Waals surface area contributed by atoms with Gasteiger partial charge in [-0.25, -0.2) is 4.79 Å². The Kier molecular flexibility index (Phi) is 10.0. The summed E-state index contributed by atoms with van der Waals surface area (Å²) in [6.45, 7) is 10.7. The van der Waals surface area contributed by atoms with E-state index in [4.69, 9.17) is 4.74 Å². The Bertz CT molecular complexity index is 1260. The molecule has 0 radical (unpaired) electrons. The fraction of sp³-hybridized carbons (Fsp3) is 0.367. The minimum atomic E-state index is -0.295. The van der Waals surface area contributed by atoms with E-state index in [0.717, 1.165) is 51.5 Å². The lowest BCUT2D eigenvalue weighted by Crippen LogP contribution is -2.24. The number of ether oxygens (including phenoxy) is 1. The quantitative estimate of drug-likeness (QED) is 0.204. The Morgan fingerprint density at radius 1 is 1.09 bits per heavy atom. The molecule has 2 heterocycles. The maximum Gasteiger partial charge on any atom is 0.337 e. The maximum atomic E-state index is 12.7. The highest BCUT2D eigenvalue weighted by atomic mass is 16.5. The number of hydrogen-bond donors (Lipinski definition) is 1. The molecule has 0 aliphatic heterocycles. The third-order valence-corrected chi connectivity index (χ3v) is 6.08. The number of allylic oxidation sites excluding steroid dienone is 1. The number of pyridine rings is 1. The first-order valence-electron chi connectivity index (χ1n) is 12.7. The molecule has 0 spiro atoms. The molecular weight excluding hydrogens is 434 g/mol. The molecule has 2 aromatic heterocycles. The molecule has 0 aliphatic carbocycles. The van der Waals surface area contributed by atoms with Gasteiger partial charge in [-0.3, -0.25) is 10.1 Å². The van der Waals surface area contributed by atoms with Crippen molar-refractivity contribution in [1.82, 2.24) is 15.2 Å². The summed E-state index contributed by atoms with van der Waals surface area (Å²) in [6, 6.07) is 11.9. The topological polar surface area (TPSA) is 67.9 Å². The molecule has 0 bridgehead atoms. The number of benzene rings is 1. The largest absolute Gasteiger partial charge is 0.462 e. The summed E-state index contributed by atoms with van der Waals surface area (Å²) < 4.78 is 5.54. The van der Waals surface area contributed by atoms with Gasteiger partial charge in [0.2, 0.25) is 0 Å². The lowest BCUT2D eigenvalue weighted by Gasteiger charge is -2.07. The summed E-state index contributed by atoms with van der Waals surface area (Å²) >= 11 is 0. The number of aryl methyl sites for hydroxylation is 1. The molecule has 184 valence electrons. The summed E-state index contributed by atoms with van der Waals surface area (Å²) in [5.41, 5.74) is 5.09. The van der Waals surface area contributed by atoms with Crippen molar-refractivity contribution in [2.45, 2.75) is 65.7 Å². The molecule has 1 aromatic carbocycles. The van der Waals surface area contributed by atoms with E-state index in [1.54, 1.807) is 12.3 Å². The standard InChI is InChI=1S/C30H37N3O2/c1-5-7-8-9-10-11-12-18-35-30(34)24(6-2)19-26-20-25(17-16-22(26)3)27-21-31-33-29(27)28-15-13-14-23(4)32-28/h6,13-17,19-21H,3,5,7-12,18H2,1-2,4H3,(H,31,33)/b24-6+,26-19-. The van der Waals surface area contributed by atoms with Gasteiger partial charge in [0.05, 0.1) is 29.8 Å². The highest BCUT2D eigenvalue weighted by Crippen LogP contribution is 2.28. The molecule has 0 unspecified atom stereocenters. The minimum Gasteiger partial charge on any atom is -0.462 e. The predicted octanol–water partition coefficient (Wildman–Crippen LogP) is 5.88. The van der Waals surface area contributed by atoms with Gasteiger partial charge in [-0.1, -0.05) is 76.3 Å². The van der Waals surface area contributed by atoms with Gasteiger partial charge in [0.25, 0.3) is 0 Å². The van der Waals surface area contributed by atoms with E-state index in [1.807, 2.05) is 56.3 Å². The van der Waals surface area contributed by atoms with E-state index in [-0.39, 0.29) is 5.97 Å². The summed E-state index contributed by atoms with van der Waals surface area (Å²) in [7, 11) is 0. The average Bonchev–Trinajstić information content (AvgIpc) is 3.35. The molecule has 0 atom stereocenters. The molecule has 0 fully saturated rings. The van der Waals surface area contributed by atoms with Gasteiger partial charge in [-0.2, -0.15) is 5.10 Å². The smallest absolute Gasteiger partial charge is 0.337 e. The van der Waals surface area contributed by atoms with E-state index in [1.165, 1.54) is 32.1 Å². The number of hydrogen-bond acceptors (Lipinski definition) is 4. The lowest BCUT2D eigenvalue weighted by atomic mass is 10.0. The molecule has 0 aliphatic rings. The third kappa shape index (κ3) is 7.51. The molecular formula is C30H37N3O2. The number of rotatable bonds is 12. The number of esters is 1. The van der Waals surface area contributed by atoms with Crippen molar-refractivity contribution in [2.24, 2.45) is 0 Å². The monoisotopic (exact) mass is 471 g/mol. The Labute approximate surface area is 208 Å². The predicted molar refractivity (Wildman–Crippen MR) is 144 cm³/mol. The SMILES string of the molecule is C=c1ccc(-c2cn[nH]c2-c2cccc(C)n2)c/c1=C/C(=C\C)C(=O)OCCCCCCCCC. The second-order valence-electron chi connectivity index (χ2n) is 8.88. The number of nitrogens with zero attached hydrogens (tertiary/aromatic N) is 2. The molecule has 0 saturated carbocycles. The fourth-order valence-corrected chi connectivity index (χ4v) is 4.01. The van der Waals surface area contributed by atoms with Gasteiger partial charge >= 0.3 is 5.97 Å². The van der Waals surface area contributed by atoms with Crippen LogP contribution in [0.5, 0.6) is 0 Å². The Morgan fingerprint density at radius 3 is 2.60 bits per heavy atom. The van der Waals surface area contributed by atoms with Crippen LogP contribution in [-0.2, 0) is 9.53 Å². The summed E-state index contributed by atoms with van der Waals surface area (Å²) in [5, 5.41) is 9.04. The minimum absolute atomic E-state index is 0.295. The van der Waals surface area contributed by atoms with Gasteiger partial charge in [-0.05, 0) is 60.5 Å². The molecule has 0 saturated heterocycles. The zero-order chi connectivity index (χ0) is 25.0. The Morgan fingerprint density at radius 2 is 1.86 bits per heavy atom. The molecule has 35 heavy (non-hydrogen) atoms. The van der Waals surface area contributed by atoms with Gasteiger partial charge in [0.1, 0.15) is 0 Å². The van der Waals surface area contributed by atoms with Crippen molar-refractivity contribution in [1.29, 1.82) is 0 Å². The van der Waals surface area contributed by atoms with Crippen molar-refractivity contribution in [3.05, 3.63) is 70.4 Å². The van der Waals surface area contributed by atoms with Crippen LogP contribution >= 0.6 is 0 Å². The maximum absolute atomic E-state index is 12.7. The highest BCUT2D eigenvalue weighted by Gasteiger charge is 2.12. The first-order chi connectivity index (χ1) is 17.0. The number of unbranched alkanes of at least 4 members (excludes halogenated alkanes) is 6. The number of nitrogens with one attached hydrogen (secondary N) is 1. The first kappa shape index (κ1) is 26.1. The molecule has 3 rings (SSSR count). The van der Waals surface area contributed by atoms with Crippen LogP contribution in [0.4, 0.5) is 0 Å². The van der Waals surface area contributed by atoms with Crippen LogP contribution in [0.25, 0.3) is 35.2 Å². The van der Waals surface area contributed by atoms with Crippen LogP contribution in [0.2, 0.25) is 0 Å². The van der Waals surface area contributed by atoms with E-state index < -0.39 is 0 Å². The van der Waals surface area contributed by atoms with Crippen molar-refractivity contribution in [2.75, 3.05) is 6.61 Å². The molecule has 0 amide bonds. The number of aromatic amines is 1. The van der Waals surface area contributed by atoms with Crippen LogP contribution in [0, 0.1) is 6.92 Å². The second-order valence-corrected chi connectivity index (χ2v) is 8.88. The Hall–Kier alpha value is -3.47. The molecule has 1 N–H and O–H groups in total. The first-order valence-corrected chi connectivity index (χ1v) is 12.7. The summed E-state index contributed by atoms with van der Waals surface area (Å²) in [4.78, 5) is 17.3. The van der Waals surface area contributed by atoms with Crippen molar-refractivity contribution in [3.63, 3.8) is 0 Å². The van der Waals surface area contributed by atoms with Crippen molar-refractivity contribution in [3.8, 4) is 22.5 Å². The van der Waals surface area contributed by atoms with Crippen LogP contribution in [0.3, 0.4) is 0 Å². The van der Waals surface area contributed by atoms with Crippen molar-refractivity contribution >= 4 is 18.6 Å². The third-order valence-electron chi connectivity index (χ3n) is 6.08. The summed E-state index contributed by atoms with van der Waals surface area (Å²) in [5.74, 6) is -0.295. The lowest BCUT2D eigenvalue weighted by molar-refractivity contribution is -0.138. The van der Waals surface area contributed by atoms with E-state index >= 15 is 0 Å². The summed E-state index contributed by atoms with van der Waals surface area (Å²) in [6.07, 6.45) is 13.8. The van der Waals surface area contributed by atoms with E-state index in [2.05, 4.69) is 28.7 Å². The molecule has 3 aromatic rings. The normalized spacial score (nSPS) is 12.2. The van der Waals surface area contributed by atoms with Gasteiger partial charge in [-0.15, -0.1) is 0 Å². The van der Waals surface area contributed by atoms with Crippen LogP contribution in [0.15, 0.2) is 54.2 Å². The van der Waals surface area contributed by atoms with E-state index in [9.17, 15) is 4.79 Å². The average molecular weight is 472 g/mol. The van der Waals surface area contributed by atoms with Crippen LogP contribution < -0.4 is 10.4 Å². The zero-order valence-corrected chi connectivity index (χ0v) is 21.3. The van der Waals surface area contributed by atoms with Gasteiger partial charge in [0, 0.05) is 11.3 Å². The molecule has 5 heteroatoms. The molecule has 5 nitrogen and oxygen atoms in total. The van der Waals surface area contributed by atoms with Crippen LogP contribution in [-0.4, -0.2) is 27.8 Å². The van der Waals surface area contributed by atoms with E-state index in [0.29, 0.717) is 12.2 Å². The number of carbonyl (C=O) groups is 1. The number of aromatic nitrogens is 3. The van der Waals surface area contributed by atoms with Crippen LogP contribution in [0.1, 0.15) is 64.5 Å². The van der Waals surface area contributed by atoms with Gasteiger partial charge < -0.3 is 4.74 Å². The van der Waals surface area contributed by atoms with Gasteiger partial charge in [0.15, 0.2) is 0 Å². The highest BCUT2D eigenvalue weighted by molar-refractivity contribution is 5.97. The zero-order valence-electron chi connectivity index (χ0n) is 21.3. The van der Waals surface area contributed by atoms with Crippen molar-refractivity contribution < 1.29 is 9.53 Å². The Balaban J connectivity index is 1.72.